The maximum Gasteiger partial charge on any atom is 0.328 e. The number of H-pyrrole nitrogens is 2. The Morgan fingerprint density at radius 1 is 1.33 bits per heavy atom. The highest BCUT2D eigenvalue weighted by Crippen LogP contribution is 2.19. The van der Waals surface area contributed by atoms with Crippen molar-refractivity contribution in [3.8, 4) is 0 Å². The van der Waals surface area contributed by atoms with E-state index in [0.717, 1.165) is 18.9 Å². The molecule has 1 aliphatic heterocycles. The number of ether oxygens (including phenoxy) is 1. The van der Waals surface area contributed by atoms with Crippen LogP contribution in [0.1, 0.15) is 25.0 Å². The van der Waals surface area contributed by atoms with Gasteiger partial charge in [0.2, 0.25) is 5.91 Å². The van der Waals surface area contributed by atoms with E-state index in [-0.39, 0.29) is 18.0 Å². The molecule has 1 aliphatic rings. The van der Waals surface area contributed by atoms with Crippen LogP contribution in [0.5, 0.6) is 0 Å². The van der Waals surface area contributed by atoms with E-state index in [1.54, 1.807) is 0 Å². The van der Waals surface area contributed by atoms with Crippen molar-refractivity contribution in [3.05, 3.63) is 32.6 Å². The third-order valence-electron chi connectivity index (χ3n) is 3.45. The van der Waals surface area contributed by atoms with Gasteiger partial charge in [-0.05, 0) is 19.3 Å². The lowest BCUT2D eigenvalue weighted by atomic mass is 10.0. The van der Waals surface area contributed by atoms with E-state index >= 15 is 0 Å². The number of methoxy groups -OCH3 is 1. The van der Waals surface area contributed by atoms with E-state index in [4.69, 9.17) is 4.74 Å². The van der Waals surface area contributed by atoms with Crippen molar-refractivity contribution in [2.24, 2.45) is 0 Å². The zero-order chi connectivity index (χ0) is 15.4. The second-order valence-corrected chi connectivity index (χ2v) is 4.91. The maximum atomic E-state index is 12.3. The predicted octanol–water partition coefficient (Wildman–Crippen LogP) is -0.840. The van der Waals surface area contributed by atoms with Crippen molar-refractivity contribution < 1.29 is 14.3 Å². The van der Waals surface area contributed by atoms with E-state index in [9.17, 15) is 19.2 Å². The van der Waals surface area contributed by atoms with Gasteiger partial charge >= 0.3 is 11.7 Å². The van der Waals surface area contributed by atoms with Crippen LogP contribution in [-0.2, 0) is 20.7 Å². The second-order valence-electron chi connectivity index (χ2n) is 4.91. The summed E-state index contributed by atoms with van der Waals surface area (Å²) in [4.78, 5) is 52.3. The van der Waals surface area contributed by atoms with Gasteiger partial charge in [0.1, 0.15) is 6.04 Å². The molecular formula is C13H17N3O5. The highest BCUT2D eigenvalue weighted by atomic mass is 16.5. The molecule has 8 heteroatoms. The van der Waals surface area contributed by atoms with Gasteiger partial charge in [0.25, 0.3) is 5.56 Å². The summed E-state index contributed by atoms with van der Waals surface area (Å²) in [6.45, 7) is 0.464. The summed E-state index contributed by atoms with van der Waals surface area (Å²) in [5, 5.41) is 0. The molecule has 8 nitrogen and oxygen atoms in total. The fourth-order valence-electron chi connectivity index (χ4n) is 2.49. The Morgan fingerprint density at radius 2 is 2.10 bits per heavy atom. The molecule has 2 N–H and O–H groups in total. The predicted molar refractivity (Wildman–Crippen MR) is 72.8 cm³/mol. The summed E-state index contributed by atoms with van der Waals surface area (Å²) in [6, 6.07) is 0.570. The normalized spacial score (nSPS) is 18.3. The quantitative estimate of drug-likeness (QED) is 0.706. The minimum atomic E-state index is -0.659. The minimum Gasteiger partial charge on any atom is -0.467 e. The third-order valence-corrected chi connectivity index (χ3v) is 3.45. The highest BCUT2D eigenvalue weighted by molar-refractivity contribution is 5.85. The van der Waals surface area contributed by atoms with Crippen molar-refractivity contribution in [2.45, 2.75) is 31.7 Å². The van der Waals surface area contributed by atoms with Crippen LogP contribution in [0.2, 0.25) is 0 Å². The highest BCUT2D eigenvalue weighted by Gasteiger charge is 2.32. The summed E-state index contributed by atoms with van der Waals surface area (Å²) >= 11 is 0. The molecule has 0 saturated carbocycles. The van der Waals surface area contributed by atoms with Gasteiger partial charge in [0, 0.05) is 18.3 Å². The van der Waals surface area contributed by atoms with Crippen molar-refractivity contribution in [1.29, 1.82) is 0 Å². The Morgan fingerprint density at radius 3 is 2.76 bits per heavy atom. The maximum absolute atomic E-state index is 12.3. The number of piperidine rings is 1. The SMILES string of the molecule is COC(=O)[C@H]1CCCCN1C(=O)Cc1cc(=O)[nH]c(=O)[nH]1. The number of amides is 1. The molecule has 1 saturated heterocycles. The summed E-state index contributed by atoms with van der Waals surface area (Å²) in [7, 11) is 1.29. The van der Waals surface area contributed by atoms with E-state index in [0.29, 0.717) is 13.0 Å². The molecule has 0 aromatic carbocycles. The van der Waals surface area contributed by atoms with Gasteiger partial charge in [-0.1, -0.05) is 0 Å². The lowest BCUT2D eigenvalue weighted by molar-refractivity contribution is -0.154. The van der Waals surface area contributed by atoms with Crippen LogP contribution >= 0.6 is 0 Å². The summed E-state index contributed by atoms with van der Waals surface area (Å²) in [5.41, 5.74) is -0.999. The van der Waals surface area contributed by atoms with Gasteiger partial charge < -0.3 is 14.6 Å². The monoisotopic (exact) mass is 295 g/mol. The first-order valence-corrected chi connectivity index (χ1v) is 6.71. The van der Waals surface area contributed by atoms with Gasteiger partial charge in [0.15, 0.2) is 0 Å². The lowest BCUT2D eigenvalue weighted by Crippen LogP contribution is -2.49. The smallest absolute Gasteiger partial charge is 0.328 e. The minimum absolute atomic E-state index is 0.132. The fourth-order valence-corrected chi connectivity index (χ4v) is 2.49. The van der Waals surface area contributed by atoms with Crippen LogP contribution in [0.4, 0.5) is 0 Å². The summed E-state index contributed by atoms with van der Waals surface area (Å²) in [6.07, 6.45) is 2.09. The van der Waals surface area contributed by atoms with Gasteiger partial charge in [0.05, 0.1) is 13.5 Å². The Kier molecular flexibility index (Phi) is 4.56. The lowest BCUT2D eigenvalue weighted by Gasteiger charge is -2.33. The molecule has 1 atom stereocenters. The Balaban J connectivity index is 2.15. The van der Waals surface area contributed by atoms with Crippen molar-refractivity contribution in [1.82, 2.24) is 14.9 Å². The van der Waals surface area contributed by atoms with Gasteiger partial charge in [-0.3, -0.25) is 14.6 Å². The molecule has 0 bridgehead atoms. The van der Waals surface area contributed by atoms with Gasteiger partial charge in [-0.2, -0.15) is 0 Å². The van der Waals surface area contributed by atoms with E-state index < -0.39 is 23.3 Å². The molecule has 1 aromatic heterocycles. The van der Waals surface area contributed by atoms with Crippen molar-refractivity contribution in [2.75, 3.05) is 13.7 Å². The van der Waals surface area contributed by atoms with Crippen LogP contribution in [0.25, 0.3) is 0 Å². The van der Waals surface area contributed by atoms with E-state index in [1.807, 2.05) is 4.98 Å². The number of carbonyl (C=O) groups is 2. The van der Waals surface area contributed by atoms with Crippen molar-refractivity contribution in [3.63, 3.8) is 0 Å². The third kappa shape index (κ3) is 3.59. The number of hydrogen-bond donors (Lipinski definition) is 2. The molecule has 1 amide bonds. The fraction of sp³-hybridized carbons (Fsp3) is 0.538. The average molecular weight is 295 g/mol. The Bertz CT molecular complexity index is 619. The second kappa shape index (κ2) is 6.38. The summed E-state index contributed by atoms with van der Waals surface area (Å²) < 4.78 is 4.71. The number of hydrogen-bond acceptors (Lipinski definition) is 5. The van der Waals surface area contributed by atoms with Gasteiger partial charge in [-0.25, -0.2) is 9.59 Å². The number of esters is 1. The number of nitrogens with zero attached hydrogens (tertiary/aromatic N) is 1. The number of aromatic amines is 2. The number of nitrogens with one attached hydrogen (secondary N) is 2. The van der Waals surface area contributed by atoms with E-state index in [1.165, 1.54) is 12.0 Å². The first-order chi connectivity index (χ1) is 10.0. The first-order valence-electron chi connectivity index (χ1n) is 6.71. The van der Waals surface area contributed by atoms with Crippen molar-refractivity contribution >= 4 is 11.9 Å². The average Bonchev–Trinajstić information content (AvgIpc) is 2.45. The van der Waals surface area contributed by atoms with Gasteiger partial charge in [-0.15, -0.1) is 0 Å². The zero-order valence-electron chi connectivity index (χ0n) is 11.7. The number of carbonyl (C=O) groups excluding carboxylic acids is 2. The Labute approximate surface area is 120 Å². The largest absolute Gasteiger partial charge is 0.467 e. The molecular weight excluding hydrogens is 278 g/mol. The molecule has 1 fully saturated rings. The molecule has 0 unspecified atom stereocenters. The molecule has 0 radical (unpaired) electrons. The van der Waals surface area contributed by atoms with Crippen LogP contribution in [0.3, 0.4) is 0 Å². The zero-order valence-corrected chi connectivity index (χ0v) is 11.7. The topological polar surface area (TPSA) is 112 Å². The molecule has 0 aliphatic carbocycles. The molecule has 0 spiro atoms. The summed E-state index contributed by atoms with van der Waals surface area (Å²) in [5.74, 6) is -0.756. The number of rotatable bonds is 3. The van der Waals surface area contributed by atoms with Crippen LogP contribution < -0.4 is 11.2 Å². The van der Waals surface area contributed by atoms with Crippen LogP contribution in [0.15, 0.2) is 15.7 Å². The number of aromatic nitrogens is 2. The standard InChI is InChI=1S/C13H17N3O5/c1-21-12(19)9-4-2-3-5-16(9)11(18)7-8-6-10(17)15-13(20)14-8/h6,9H,2-5,7H2,1H3,(H2,14,15,17,20)/t9-/m1/s1. The molecule has 21 heavy (non-hydrogen) atoms. The molecule has 2 rings (SSSR count). The molecule has 2 heterocycles. The molecule has 114 valence electrons. The number of likely N-dealkylation sites (tertiary alicyclic amines) is 1. The first kappa shape index (κ1) is 15.0. The van der Waals surface area contributed by atoms with Crippen LogP contribution in [0, 0.1) is 0 Å². The van der Waals surface area contributed by atoms with Crippen LogP contribution in [-0.4, -0.2) is 46.4 Å². The Hall–Kier alpha value is -2.38. The molecule has 1 aromatic rings. The van der Waals surface area contributed by atoms with E-state index in [2.05, 4.69) is 4.98 Å².